The first-order valence-electron chi connectivity index (χ1n) is 24.9. The van der Waals surface area contributed by atoms with Gasteiger partial charge in [0.15, 0.2) is 9.84 Å². The third-order valence-electron chi connectivity index (χ3n) is 21.4. The number of sulfone groups is 1. The topological polar surface area (TPSA) is 161 Å². The summed E-state index contributed by atoms with van der Waals surface area (Å²) in [5, 5.41) is 17.2. The molecule has 0 aromatic heterocycles. The Morgan fingerprint density at radius 2 is 1.46 bits per heavy atom. The summed E-state index contributed by atoms with van der Waals surface area (Å²) in [4.78, 5) is 40.8. The van der Waals surface area contributed by atoms with Crippen LogP contribution in [0.5, 0.6) is 0 Å². The van der Waals surface area contributed by atoms with Crippen molar-refractivity contribution in [1.29, 1.82) is 0 Å². The summed E-state index contributed by atoms with van der Waals surface area (Å²) in [6.45, 7) is 23.2. The van der Waals surface area contributed by atoms with Crippen molar-refractivity contribution in [3.63, 3.8) is 0 Å². The number of nitrogens with one attached hydrogen (secondary N) is 2. The molecule has 8 fully saturated rings. The second-order valence-electron chi connectivity index (χ2n) is 24.6. The van der Waals surface area contributed by atoms with E-state index in [-0.39, 0.29) is 75.4 Å². The van der Waals surface area contributed by atoms with Crippen LogP contribution in [0.15, 0.2) is 0 Å². The van der Waals surface area contributed by atoms with E-state index >= 15 is 0 Å². The van der Waals surface area contributed by atoms with Gasteiger partial charge in [0.2, 0.25) is 0 Å². The van der Waals surface area contributed by atoms with Crippen molar-refractivity contribution >= 4 is 27.9 Å². The fraction of sp³-hybridized carbons (Fsp3) is 0.940. The Hall–Kier alpha value is -1.96. The Morgan fingerprint density at radius 3 is 2.10 bits per heavy atom. The van der Waals surface area contributed by atoms with Crippen molar-refractivity contribution in [2.75, 3.05) is 51.5 Å². The van der Waals surface area contributed by atoms with Gasteiger partial charge in [-0.1, -0.05) is 55.4 Å². The van der Waals surface area contributed by atoms with Crippen molar-refractivity contribution in [3.8, 4) is 0 Å². The monoisotopic (exact) mass is 902 g/mol. The fourth-order valence-electron chi connectivity index (χ4n) is 16.9. The highest BCUT2D eigenvalue weighted by molar-refractivity contribution is 7.91. The van der Waals surface area contributed by atoms with Crippen LogP contribution in [0.25, 0.3) is 0 Å². The molecule has 0 aromatic rings. The summed E-state index contributed by atoms with van der Waals surface area (Å²) in [5.41, 5.74) is 0.0758. The predicted octanol–water partition coefficient (Wildman–Crippen LogP) is 7.73. The summed E-state index contributed by atoms with van der Waals surface area (Å²) in [5.74, 6) is 1.20. The Balaban J connectivity index is 1.02. The fourth-order valence-corrected chi connectivity index (χ4v) is 18.2. The van der Waals surface area contributed by atoms with Crippen LogP contribution >= 0.6 is 0 Å². The lowest BCUT2D eigenvalue weighted by Gasteiger charge is -2.73. The lowest BCUT2D eigenvalue weighted by molar-refractivity contribution is -0.250. The van der Waals surface area contributed by atoms with E-state index in [1.54, 1.807) is 7.11 Å². The van der Waals surface area contributed by atoms with Gasteiger partial charge in [-0.05, 0) is 147 Å². The molecule has 0 aromatic carbocycles. The molecule has 1 aliphatic heterocycles. The SMILES string of the molecule is COCCOC(=O)N[C@H](C)[C@@H](CN[C@]12CC[C@@H](C3(C)CC3)[C@@H]1[C@H]1CC[C@@H]3[C@@]4(C)CC[C@H](OC(=O)[C@H]5C[C@@H](C(=O)O)C5(C)C)C(C)(C)[C@@H]4CC[C@@]3(C)[C@]1(C)CC2)N1CCS(=O)(=O)CC1. The summed E-state index contributed by atoms with van der Waals surface area (Å²) in [6.07, 6.45) is 13.7. The lowest BCUT2D eigenvalue weighted by atomic mass is 9.32. The molecule has 8 aliphatic rings. The number of carboxylic acids is 1. The van der Waals surface area contributed by atoms with Gasteiger partial charge in [-0.3, -0.25) is 14.5 Å². The number of alkyl carbamates (subject to hydrolysis) is 1. The van der Waals surface area contributed by atoms with Gasteiger partial charge >= 0.3 is 18.0 Å². The number of carboxylic acid groups (broad SMARTS) is 1. The van der Waals surface area contributed by atoms with Crippen molar-refractivity contribution in [2.24, 2.45) is 73.9 Å². The first-order valence-corrected chi connectivity index (χ1v) is 26.8. The normalized spacial score (nSPS) is 43.9. The van der Waals surface area contributed by atoms with E-state index in [0.717, 1.165) is 32.1 Å². The molecule has 0 spiro atoms. The Kier molecular flexibility index (Phi) is 12.4. The number of hydrogen-bond acceptors (Lipinski definition) is 10. The van der Waals surface area contributed by atoms with Gasteiger partial charge in [-0.25, -0.2) is 13.2 Å². The zero-order valence-corrected chi connectivity index (χ0v) is 41.3. The van der Waals surface area contributed by atoms with E-state index in [1.165, 1.54) is 44.9 Å². The van der Waals surface area contributed by atoms with Crippen molar-refractivity contribution in [2.45, 2.75) is 170 Å². The summed E-state index contributed by atoms with van der Waals surface area (Å²) in [7, 11) is -1.50. The predicted molar refractivity (Wildman–Crippen MR) is 243 cm³/mol. The number of rotatable bonds is 13. The zero-order chi connectivity index (χ0) is 45.8. The number of nitrogens with zero attached hydrogens (tertiary/aromatic N) is 1. The van der Waals surface area contributed by atoms with Crippen molar-refractivity contribution < 1.29 is 42.1 Å². The minimum Gasteiger partial charge on any atom is -0.481 e. The van der Waals surface area contributed by atoms with E-state index in [2.05, 4.69) is 57.1 Å². The smallest absolute Gasteiger partial charge is 0.407 e. The number of ether oxygens (including phenoxy) is 3. The molecular formula is C50H83N3O9S. The Labute approximate surface area is 379 Å². The molecule has 1 saturated heterocycles. The molecular weight excluding hydrogens is 819 g/mol. The largest absolute Gasteiger partial charge is 0.481 e. The molecule has 14 atom stereocenters. The van der Waals surface area contributed by atoms with Crippen LogP contribution in [-0.4, -0.2) is 112 Å². The van der Waals surface area contributed by atoms with Gasteiger partial charge in [0, 0.05) is 49.8 Å². The third-order valence-corrected chi connectivity index (χ3v) is 23.0. The molecule has 8 rings (SSSR count). The molecule has 0 unspecified atom stereocenters. The minimum absolute atomic E-state index is 0.00698. The molecule has 13 heteroatoms. The number of fused-ring (bicyclic) bond motifs is 7. The first kappa shape index (κ1) is 47.5. The summed E-state index contributed by atoms with van der Waals surface area (Å²) in [6, 6.07) is -0.338. The van der Waals surface area contributed by atoms with Crippen LogP contribution in [0.1, 0.15) is 146 Å². The average molecular weight is 902 g/mol. The molecule has 1 heterocycles. The molecule has 3 N–H and O–H groups in total. The standard InChI is InChI=1S/C50H83N3O9S/c1-31(52-43(57)61-26-25-60-10)36(53-23-27-63(58,59)28-24-53)30-51-50-18-13-32(46(6)19-20-46)40(50)33-11-12-38-47(7)16-15-39(62-42(56)35-29-34(41(54)55)44(35,2)3)45(4,5)37(47)14-17-49(38,9)48(33,8)21-22-50/h31-40,51H,11-30H2,1-10H3,(H,52,57)(H,54,55)/t31-,32-,33-,34+,35-,36-,37+,38-,39+,40-,47+,48-,49-,50+/m1/s1. The van der Waals surface area contributed by atoms with Crippen molar-refractivity contribution in [1.82, 2.24) is 15.5 Å². The molecule has 12 nitrogen and oxygen atoms in total. The van der Waals surface area contributed by atoms with Gasteiger partial charge < -0.3 is 30.0 Å². The Bertz CT molecular complexity index is 1870. The van der Waals surface area contributed by atoms with Crippen LogP contribution < -0.4 is 10.6 Å². The molecule has 7 aliphatic carbocycles. The number of amides is 1. The number of carbonyl (C=O) groups excluding carboxylic acids is 2. The zero-order valence-electron chi connectivity index (χ0n) is 40.5. The molecule has 0 radical (unpaired) electrons. The highest BCUT2D eigenvalue weighted by Crippen LogP contribution is 2.78. The van der Waals surface area contributed by atoms with Crippen LogP contribution in [0.2, 0.25) is 0 Å². The molecule has 7 saturated carbocycles. The molecule has 358 valence electrons. The number of esters is 1. The van der Waals surface area contributed by atoms with Gasteiger partial charge in [-0.2, -0.15) is 0 Å². The van der Waals surface area contributed by atoms with Crippen LogP contribution in [0.4, 0.5) is 4.79 Å². The van der Waals surface area contributed by atoms with E-state index in [0.29, 0.717) is 67.7 Å². The number of hydrogen-bond donors (Lipinski definition) is 3. The number of methoxy groups -OCH3 is 1. The maximum atomic E-state index is 13.7. The first-order chi connectivity index (χ1) is 29.4. The van der Waals surface area contributed by atoms with E-state index in [4.69, 9.17) is 14.2 Å². The highest BCUT2D eigenvalue weighted by atomic mass is 32.2. The minimum atomic E-state index is -3.08. The van der Waals surface area contributed by atoms with Gasteiger partial charge in [-0.15, -0.1) is 0 Å². The second-order valence-corrected chi connectivity index (χ2v) is 26.9. The second kappa shape index (κ2) is 16.4. The summed E-state index contributed by atoms with van der Waals surface area (Å²) >= 11 is 0. The molecule has 0 bridgehead atoms. The van der Waals surface area contributed by atoms with Gasteiger partial charge in [0.25, 0.3) is 0 Å². The lowest BCUT2D eigenvalue weighted by Crippen LogP contribution is -2.69. The maximum Gasteiger partial charge on any atom is 0.407 e. The van der Waals surface area contributed by atoms with Crippen molar-refractivity contribution in [3.05, 3.63) is 0 Å². The van der Waals surface area contributed by atoms with Gasteiger partial charge in [0.1, 0.15) is 12.7 Å². The Morgan fingerprint density at radius 1 is 0.762 bits per heavy atom. The maximum absolute atomic E-state index is 13.7. The van der Waals surface area contributed by atoms with E-state index in [9.17, 15) is 27.9 Å². The van der Waals surface area contributed by atoms with Gasteiger partial charge in [0.05, 0.1) is 29.9 Å². The molecule has 63 heavy (non-hydrogen) atoms. The van der Waals surface area contributed by atoms with E-state index in [1.807, 2.05) is 20.8 Å². The quantitative estimate of drug-likeness (QED) is 0.123. The average Bonchev–Trinajstić information content (AvgIpc) is 3.82. The summed E-state index contributed by atoms with van der Waals surface area (Å²) < 4.78 is 42.2. The number of carbonyl (C=O) groups is 3. The van der Waals surface area contributed by atoms with Crippen LogP contribution in [-0.2, 0) is 33.6 Å². The highest BCUT2D eigenvalue weighted by Gasteiger charge is 2.72. The third kappa shape index (κ3) is 7.80. The van der Waals surface area contributed by atoms with Crippen LogP contribution in [0, 0.1) is 73.9 Å². The molecule has 1 amide bonds. The van der Waals surface area contributed by atoms with E-state index < -0.39 is 33.2 Å². The van der Waals surface area contributed by atoms with Crippen LogP contribution in [0.3, 0.4) is 0 Å². The number of aliphatic carboxylic acids is 1.